The van der Waals surface area contributed by atoms with Crippen molar-refractivity contribution < 1.29 is 81.7 Å². The van der Waals surface area contributed by atoms with Gasteiger partial charge in [-0.15, -0.1) is 0 Å². The summed E-state index contributed by atoms with van der Waals surface area (Å²) in [5, 5.41) is 23.5. The number of aliphatic hydroxyl groups is 2. The van der Waals surface area contributed by atoms with Crippen LogP contribution in [-0.2, 0) is 53.3 Å². The number of rotatable bonds is 19. The molecule has 13 rings (SSSR count). The van der Waals surface area contributed by atoms with Crippen LogP contribution in [0.4, 0.5) is 26.9 Å². The Hall–Kier alpha value is -12.0. The van der Waals surface area contributed by atoms with E-state index in [1.165, 1.54) is 27.4 Å². The summed E-state index contributed by atoms with van der Waals surface area (Å²) >= 11 is 8.04. The number of nitrogens with zero attached hydrogens (tertiary/aromatic N) is 12. The predicted octanol–water partition coefficient (Wildman–Crippen LogP) is 9.66. The second-order valence-corrected chi connectivity index (χ2v) is 29.1. The van der Waals surface area contributed by atoms with Crippen LogP contribution in [0.15, 0.2) is 149 Å². The molecule has 5 fully saturated rings. The number of carbonyl (C=O) groups is 8. The standard InChI is InChI=1S/C22H25N5O4.C15H20N2O3.C13H19N3O2.C12H16N2O2.C9H12N2O3.C7H14N2O.C6H6BrNO.C3H5ClO.C2H6O.CH4/c1-3-19(29)27-9-7-26(8-10-27)18-6-4-5-15(23-18)21-24-16-11-14(13-28)12-17(31-2)20(16)22(30)25-21;1-2-14(18)16-8-10-17(11-9-16)15(19)20-12-13-6-4-3-5-7-13;1-3-13(17)16-9-7-15(8-10-16)11-5-4-6-12(14-11)18-2;15-12(14-8-6-13-7-9-14)16-10-11-4-2-1-3-5-11;1-13-5-3-6(10)8(9(11)12)7(4-5)14-2;1-2-7(10)9-5-3-8-4-6-9;1-9-6-4-2-3-5(7)8-6;1-2-3(4)5;1-2-3;/h4-6,11-12,28H,3,7-10,13H2,1-2H3,(H,24,25,30);3-7H,2,8-12H2,1H3;4-6H,3,7-10H2,1-2H3;1-5,13H,6-10H2;3-4H,10H2,1-2H3,(H2,11,12);8H,2-6H2,1H3;2-4H,1H3;2H2,1H3;3H,2H2,1H3;1H4. The predicted molar refractivity (Wildman–Crippen MR) is 495 cm³/mol. The lowest BCUT2D eigenvalue weighted by atomic mass is 10.1. The number of amides is 7. The number of nitrogen functional groups attached to an aromatic ring is 1. The van der Waals surface area contributed by atoms with Gasteiger partial charge in [0.1, 0.15) is 63.3 Å². The van der Waals surface area contributed by atoms with E-state index in [-0.39, 0.29) is 85.1 Å². The highest BCUT2D eigenvalue weighted by Gasteiger charge is 2.27. The van der Waals surface area contributed by atoms with E-state index in [9.17, 15) is 48.3 Å². The quantitative estimate of drug-likeness (QED) is 0.0225. The summed E-state index contributed by atoms with van der Waals surface area (Å²) in [6.07, 6.45) is 2.15. The van der Waals surface area contributed by atoms with Gasteiger partial charge in [0.05, 0.1) is 53.4 Å². The summed E-state index contributed by atoms with van der Waals surface area (Å²) in [6, 6.07) is 42.5. The number of hydrogen-bond acceptors (Lipinski definition) is 27. The Bertz CT molecular complexity index is 4710. The minimum absolute atomic E-state index is 0. The molecule has 0 aliphatic carbocycles. The van der Waals surface area contributed by atoms with Gasteiger partial charge < -0.3 is 110 Å². The summed E-state index contributed by atoms with van der Waals surface area (Å²) in [4.78, 5) is 139. The number of carbonyl (C=O) groups excluding carboxylic acids is 8. The van der Waals surface area contributed by atoms with Gasteiger partial charge in [-0.05, 0) is 87.5 Å². The average Bonchev–Trinajstić information content (AvgIpc) is 0.774. The molecule has 5 aliphatic heterocycles. The lowest BCUT2D eigenvalue weighted by Gasteiger charge is -2.35. The highest BCUT2D eigenvalue weighted by molar-refractivity contribution is 9.10. The van der Waals surface area contributed by atoms with Crippen molar-refractivity contribution in [3.8, 4) is 40.5 Å². The van der Waals surface area contributed by atoms with Gasteiger partial charge in [-0.3, -0.25) is 33.6 Å². The van der Waals surface area contributed by atoms with Gasteiger partial charge in [0.2, 0.25) is 40.6 Å². The fourth-order valence-electron chi connectivity index (χ4n) is 12.5. The number of nitrogens with one attached hydrogen (secondary N) is 3. The van der Waals surface area contributed by atoms with Crippen LogP contribution in [0.3, 0.4) is 0 Å². The van der Waals surface area contributed by atoms with Crippen LogP contribution < -0.4 is 61.1 Å². The smallest absolute Gasteiger partial charge is 0.410 e. The lowest BCUT2D eigenvalue weighted by molar-refractivity contribution is -0.132. The number of benzene rings is 4. The molecule has 4 aromatic carbocycles. The first-order valence-electron chi connectivity index (χ1n) is 41.7. The zero-order valence-corrected chi connectivity index (χ0v) is 76.3. The molecule has 0 spiro atoms. The monoisotopic (exact) mass is 1850 g/mol. The summed E-state index contributed by atoms with van der Waals surface area (Å²) in [5.74, 6) is 4.67. The molecular formula is C90H127BrClN17O18. The van der Waals surface area contributed by atoms with E-state index < -0.39 is 5.91 Å². The first-order valence-corrected chi connectivity index (χ1v) is 42.9. The third kappa shape index (κ3) is 37.2. The minimum Gasteiger partial charge on any atom is -0.497 e. The maximum Gasteiger partial charge on any atom is 0.410 e. The van der Waals surface area contributed by atoms with Crippen molar-refractivity contribution >= 4 is 103 Å². The molecule has 0 unspecified atom stereocenters. The molecule has 35 nitrogen and oxygen atoms in total. The number of anilines is 3. The fraction of sp³-hybridized carbons (Fsp3) is 0.456. The Morgan fingerprint density at radius 1 is 0.457 bits per heavy atom. The number of primary amides is 1. The van der Waals surface area contributed by atoms with Crippen molar-refractivity contribution in [2.75, 3.05) is 189 Å². The number of aromatic amines is 1. The summed E-state index contributed by atoms with van der Waals surface area (Å²) in [5.41, 5.74) is 14.4. The summed E-state index contributed by atoms with van der Waals surface area (Å²) in [6.45, 7) is 26.6. The number of fused-ring (bicyclic) bond motifs is 1. The second-order valence-electron chi connectivity index (χ2n) is 27.8. The van der Waals surface area contributed by atoms with Crippen LogP contribution in [0.2, 0.25) is 0 Å². The van der Waals surface area contributed by atoms with Crippen molar-refractivity contribution in [3.05, 3.63) is 177 Å². The Balaban J connectivity index is 0.000000315. The van der Waals surface area contributed by atoms with Gasteiger partial charge in [0.25, 0.3) is 11.5 Å². The lowest BCUT2D eigenvalue weighted by Crippen LogP contribution is -2.50. The third-order valence-corrected chi connectivity index (χ3v) is 20.1. The van der Waals surface area contributed by atoms with Crippen LogP contribution >= 0.6 is 27.5 Å². The van der Waals surface area contributed by atoms with E-state index in [0.717, 1.165) is 106 Å². The van der Waals surface area contributed by atoms with Crippen LogP contribution in [0.5, 0.6) is 29.0 Å². The van der Waals surface area contributed by atoms with E-state index in [2.05, 4.69) is 56.3 Å². The first-order chi connectivity index (χ1) is 60.8. The van der Waals surface area contributed by atoms with Gasteiger partial charge in [-0.25, -0.2) is 24.5 Å². The number of nitrogens with two attached hydrogens (primary N) is 2. The van der Waals surface area contributed by atoms with Crippen molar-refractivity contribution in [3.63, 3.8) is 0 Å². The van der Waals surface area contributed by atoms with Crippen molar-refractivity contribution in [1.82, 2.24) is 65.0 Å². The molecule has 0 saturated carbocycles. The topological polar surface area (TPSA) is 428 Å². The fourth-order valence-corrected chi connectivity index (χ4v) is 12.9. The van der Waals surface area contributed by atoms with Crippen LogP contribution in [0, 0.1) is 0 Å². The maximum absolute atomic E-state index is 12.8. The molecule has 5 aliphatic rings. The molecule has 694 valence electrons. The molecule has 9 N–H and O–H groups in total. The van der Waals surface area contributed by atoms with Crippen LogP contribution in [0.1, 0.15) is 108 Å². The van der Waals surface area contributed by atoms with Crippen molar-refractivity contribution in [1.29, 1.82) is 0 Å². The SMILES string of the molecule is C.CCC(=O)Cl.CCC(=O)N1CCN(C(=O)OCc2ccccc2)CC1.CCC(=O)N1CCN(c2cccc(-c3nc4cc(CO)cc(OC)c4c(=O)[nH]3)n2)CC1.CCC(=O)N1CCN(c2cccc(OC)n2)CC1.CCC(=O)N1CCNCC1.CCO.COc1cc(N)c(C(N)=O)c(OC)c1.COc1cccc(Br)n1.O=C(OCc1ccccc1)N1CCNCC1. The molecule has 4 aromatic heterocycles. The Kier molecular flexibility index (Phi) is 50.6. The van der Waals surface area contributed by atoms with E-state index in [0.29, 0.717) is 148 Å². The normalized spacial score (nSPS) is 13.7. The number of aromatic nitrogens is 5. The Morgan fingerprint density at radius 3 is 1.26 bits per heavy atom. The van der Waals surface area contributed by atoms with E-state index in [4.69, 9.17) is 66.3 Å². The zero-order chi connectivity index (χ0) is 92.3. The molecule has 127 heavy (non-hydrogen) atoms. The highest BCUT2D eigenvalue weighted by Crippen LogP contribution is 2.31. The molecular weight excluding hydrogens is 1720 g/mol. The maximum atomic E-state index is 12.8. The Morgan fingerprint density at radius 2 is 0.858 bits per heavy atom. The number of piperazine rings is 5. The number of ether oxygens (including phenoxy) is 7. The Labute approximate surface area is 757 Å². The van der Waals surface area contributed by atoms with Crippen LogP contribution in [-0.4, -0.2) is 285 Å². The van der Waals surface area contributed by atoms with Crippen molar-refractivity contribution in [2.24, 2.45) is 5.73 Å². The summed E-state index contributed by atoms with van der Waals surface area (Å²) in [7, 11) is 7.61. The van der Waals surface area contributed by atoms with E-state index in [1.54, 1.807) is 73.1 Å². The van der Waals surface area contributed by atoms with Gasteiger partial charge >= 0.3 is 12.2 Å². The first kappa shape index (κ1) is 107. The number of methoxy groups -OCH3 is 5. The highest BCUT2D eigenvalue weighted by atomic mass is 79.9. The average molecular weight is 1850 g/mol. The largest absolute Gasteiger partial charge is 0.497 e. The van der Waals surface area contributed by atoms with Crippen LogP contribution in [0.25, 0.3) is 22.4 Å². The van der Waals surface area contributed by atoms with E-state index >= 15 is 0 Å². The van der Waals surface area contributed by atoms with Gasteiger partial charge in [-0.1, -0.05) is 121 Å². The molecule has 0 radical (unpaired) electrons. The molecule has 9 heterocycles. The van der Waals surface area contributed by atoms with Crippen molar-refractivity contribution in [2.45, 2.75) is 101 Å². The number of H-pyrrole nitrogens is 1. The molecule has 8 aromatic rings. The molecule has 37 heteroatoms. The second kappa shape index (κ2) is 59.8. The summed E-state index contributed by atoms with van der Waals surface area (Å²) < 4.78 is 36.5. The van der Waals surface area contributed by atoms with Gasteiger partial charge in [0.15, 0.2) is 5.82 Å². The molecule has 0 bridgehead atoms. The number of aliphatic hydroxyl groups excluding tert-OH is 2. The third-order valence-electron chi connectivity index (χ3n) is 19.4. The number of halogens is 2. The molecule has 0 atom stereocenters. The minimum atomic E-state index is -0.623. The number of hydrogen-bond donors (Lipinski definition) is 7. The van der Waals surface area contributed by atoms with Gasteiger partial charge in [-0.2, -0.15) is 4.98 Å². The molecule has 7 amide bonds. The van der Waals surface area contributed by atoms with Gasteiger partial charge in [0, 0.05) is 194 Å². The van der Waals surface area contributed by atoms with E-state index in [1.807, 2.05) is 146 Å². The number of pyridine rings is 3. The zero-order valence-electron chi connectivity index (χ0n) is 74.0. The molecule has 5 saturated heterocycles.